The maximum absolute atomic E-state index is 14.2. The molecule has 1 aliphatic heterocycles. The number of hydrogen-bond acceptors (Lipinski definition) is 6. The van der Waals surface area contributed by atoms with E-state index in [1.54, 1.807) is 31.6 Å². The van der Waals surface area contributed by atoms with Gasteiger partial charge in [0, 0.05) is 29.2 Å². The lowest BCUT2D eigenvalue weighted by Crippen LogP contribution is -2.42. The fourth-order valence-electron chi connectivity index (χ4n) is 6.56. The number of amides is 2. The molecular formula is C37H38Cl2N4O4S. The van der Waals surface area contributed by atoms with Gasteiger partial charge in [-0.15, -0.1) is 0 Å². The van der Waals surface area contributed by atoms with E-state index in [9.17, 15) is 19.1 Å². The summed E-state index contributed by atoms with van der Waals surface area (Å²) in [5.74, 6) is -0.215. The van der Waals surface area contributed by atoms with Crippen molar-refractivity contribution in [3.8, 4) is 11.8 Å². The van der Waals surface area contributed by atoms with E-state index >= 15 is 0 Å². The molecule has 0 spiro atoms. The average molecular weight is 706 g/mol. The number of nitrogens with zero attached hydrogens (tertiary/aromatic N) is 3. The molecule has 0 aromatic heterocycles. The van der Waals surface area contributed by atoms with Crippen molar-refractivity contribution in [3.63, 3.8) is 0 Å². The second kappa shape index (κ2) is 16.0. The highest BCUT2D eigenvalue weighted by atomic mass is 35.5. The van der Waals surface area contributed by atoms with Crippen molar-refractivity contribution in [2.24, 2.45) is 5.73 Å². The van der Waals surface area contributed by atoms with Crippen LogP contribution in [0.5, 0.6) is 5.75 Å². The molecule has 0 radical (unpaired) electrons. The normalized spacial score (nSPS) is 15.1. The molecule has 0 saturated carbocycles. The Balaban J connectivity index is 1.37. The minimum absolute atomic E-state index is 0.193. The first-order valence-corrected chi connectivity index (χ1v) is 18.1. The number of halogens is 2. The second-order valence-electron chi connectivity index (χ2n) is 12.1. The molecule has 2 N–H and O–H groups in total. The Bertz CT molecular complexity index is 1890. The first-order chi connectivity index (χ1) is 23.1. The molecule has 0 bridgehead atoms. The number of nitrogens with two attached hydrogens (primary N) is 1. The maximum Gasteiger partial charge on any atom is 0.255 e. The van der Waals surface area contributed by atoms with Crippen LogP contribution in [0.1, 0.15) is 58.1 Å². The van der Waals surface area contributed by atoms with E-state index in [2.05, 4.69) is 11.0 Å². The highest BCUT2D eigenvalue weighted by Gasteiger charge is 2.28. The monoisotopic (exact) mass is 704 g/mol. The molecule has 4 aromatic carbocycles. The first kappa shape index (κ1) is 35.4. The van der Waals surface area contributed by atoms with Gasteiger partial charge in [-0.05, 0) is 103 Å². The zero-order chi connectivity index (χ0) is 34.4. The molecule has 0 aliphatic carbocycles. The number of benzene rings is 4. The lowest BCUT2D eigenvalue weighted by atomic mass is 9.88. The van der Waals surface area contributed by atoms with Crippen molar-refractivity contribution in [2.75, 3.05) is 46.1 Å². The predicted molar refractivity (Wildman–Crippen MR) is 191 cm³/mol. The molecule has 1 heterocycles. The Hall–Kier alpha value is -3.94. The van der Waals surface area contributed by atoms with E-state index in [4.69, 9.17) is 33.7 Å². The van der Waals surface area contributed by atoms with Gasteiger partial charge in [0.2, 0.25) is 5.91 Å². The van der Waals surface area contributed by atoms with Gasteiger partial charge in [-0.1, -0.05) is 59.6 Å². The van der Waals surface area contributed by atoms with E-state index in [1.807, 2.05) is 54.6 Å². The van der Waals surface area contributed by atoms with E-state index in [1.165, 1.54) is 4.90 Å². The molecule has 1 saturated heterocycles. The van der Waals surface area contributed by atoms with Crippen molar-refractivity contribution in [1.82, 2.24) is 9.80 Å². The van der Waals surface area contributed by atoms with Gasteiger partial charge in [0.25, 0.3) is 5.91 Å². The summed E-state index contributed by atoms with van der Waals surface area (Å²) in [6.07, 6.45) is 4.22. The molecule has 2 atom stereocenters. The van der Waals surface area contributed by atoms with Gasteiger partial charge in [-0.25, -0.2) is 0 Å². The molecule has 48 heavy (non-hydrogen) atoms. The van der Waals surface area contributed by atoms with Crippen molar-refractivity contribution in [2.45, 2.75) is 36.0 Å². The summed E-state index contributed by atoms with van der Waals surface area (Å²) in [7, 11) is 0.479. The maximum atomic E-state index is 14.2. The van der Waals surface area contributed by atoms with E-state index in [-0.39, 0.29) is 24.9 Å². The lowest BCUT2D eigenvalue weighted by molar-refractivity contribution is -0.118. The van der Waals surface area contributed by atoms with Gasteiger partial charge in [-0.3, -0.25) is 13.8 Å². The highest BCUT2D eigenvalue weighted by Crippen LogP contribution is 2.35. The number of piperidine rings is 1. The Labute approximate surface area is 293 Å². The number of rotatable bonds is 12. The molecule has 1 fully saturated rings. The van der Waals surface area contributed by atoms with Crippen LogP contribution in [0.2, 0.25) is 10.0 Å². The Kier molecular flexibility index (Phi) is 11.8. The number of fused-ring (bicyclic) bond motifs is 1. The van der Waals surface area contributed by atoms with Crippen LogP contribution in [0.25, 0.3) is 10.8 Å². The SMILES string of the molecule is COc1ccc(C2CCN(CCC(CN(CC(N)=O)C(=O)c3cc(C#N)cc4ccccc34)c3ccc(Cl)c(Cl)c3)CC2)c(S(C)=O)c1. The van der Waals surface area contributed by atoms with Gasteiger partial charge < -0.3 is 20.3 Å². The van der Waals surface area contributed by atoms with Crippen LogP contribution in [-0.4, -0.2) is 71.9 Å². The lowest BCUT2D eigenvalue weighted by Gasteiger charge is -2.34. The Morgan fingerprint density at radius 1 is 1.06 bits per heavy atom. The molecule has 1 aliphatic rings. The molecule has 4 aromatic rings. The number of ether oxygens (including phenoxy) is 1. The van der Waals surface area contributed by atoms with E-state index in [0.717, 1.165) is 53.9 Å². The number of nitriles is 1. The Morgan fingerprint density at radius 2 is 1.81 bits per heavy atom. The van der Waals surface area contributed by atoms with Crippen LogP contribution in [0.15, 0.2) is 77.7 Å². The quantitative estimate of drug-likeness (QED) is 0.175. The van der Waals surface area contributed by atoms with E-state index in [0.29, 0.717) is 44.6 Å². The summed E-state index contributed by atoms with van der Waals surface area (Å²) in [6.45, 7) is 2.39. The van der Waals surface area contributed by atoms with Gasteiger partial charge in [0.1, 0.15) is 5.75 Å². The molecule has 2 unspecified atom stereocenters. The van der Waals surface area contributed by atoms with E-state index < -0.39 is 16.7 Å². The Morgan fingerprint density at radius 3 is 2.48 bits per heavy atom. The highest BCUT2D eigenvalue weighted by molar-refractivity contribution is 7.84. The first-order valence-electron chi connectivity index (χ1n) is 15.8. The minimum Gasteiger partial charge on any atom is -0.497 e. The number of primary amides is 1. The minimum atomic E-state index is -1.13. The van der Waals surface area contributed by atoms with Gasteiger partial charge in [0.05, 0.1) is 46.1 Å². The summed E-state index contributed by atoms with van der Waals surface area (Å²) in [4.78, 5) is 31.2. The second-order valence-corrected chi connectivity index (χ2v) is 14.3. The third-order valence-electron chi connectivity index (χ3n) is 9.06. The van der Waals surface area contributed by atoms with Crippen LogP contribution >= 0.6 is 23.2 Å². The zero-order valence-electron chi connectivity index (χ0n) is 27.0. The molecule has 250 valence electrons. The fraction of sp³-hybridized carbons (Fsp3) is 0.324. The van der Waals surface area contributed by atoms with Crippen LogP contribution in [0.3, 0.4) is 0 Å². The third-order valence-corrected chi connectivity index (χ3v) is 10.8. The van der Waals surface area contributed by atoms with Crippen molar-refractivity contribution >= 4 is 56.6 Å². The average Bonchev–Trinajstić information content (AvgIpc) is 3.09. The van der Waals surface area contributed by atoms with Crippen molar-refractivity contribution in [3.05, 3.63) is 105 Å². The largest absolute Gasteiger partial charge is 0.497 e. The molecule has 5 rings (SSSR count). The summed E-state index contributed by atoms with van der Waals surface area (Å²) in [6, 6.07) is 24.1. The standard InChI is InChI=1S/C37H38Cl2N4O4S/c1-47-29-8-9-31(35(20-29)48(2)46)25-11-14-42(15-12-25)16-13-28(26-7-10-33(38)34(39)19-26)22-43(23-36(41)44)37(45)32-18-24(21-40)17-27-5-3-4-6-30(27)32/h3-10,17-20,25,28H,11-16,22-23H2,1-2H3,(H2,41,44). The van der Waals surface area contributed by atoms with Crippen molar-refractivity contribution < 1.29 is 18.5 Å². The topological polar surface area (TPSA) is 117 Å². The molecular weight excluding hydrogens is 667 g/mol. The fourth-order valence-corrected chi connectivity index (χ4v) is 7.71. The summed E-state index contributed by atoms with van der Waals surface area (Å²) < 4.78 is 17.9. The van der Waals surface area contributed by atoms with Crippen LogP contribution in [0.4, 0.5) is 0 Å². The number of carbonyl (C=O) groups excluding carboxylic acids is 2. The molecule has 2 amide bonds. The number of likely N-dealkylation sites (tertiary alicyclic amines) is 1. The summed E-state index contributed by atoms with van der Waals surface area (Å²) in [5, 5.41) is 12.0. The van der Waals surface area contributed by atoms with Crippen LogP contribution in [-0.2, 0) is 15.6 Å². The van der Waals surface area contributed by atoms with Gasteiger partial charge >= 0.3 is 0 Å². The number of methoxy groups -OCH3 is 1. The summed E-state index contributed by atoms with van der Waals surface area (Å²) in [5.41, 5.74) is 8.37. The molecule has 11 heteroatoms. The predicted octanol–water partition coefficient (Wildman–Crippen LogP) is 6.75. The van der Waals surface area contributed by atoms with Gasteiger partial charge in [0.15, 0.2) is 0 Å². The zero-order valence-corrected chi connectivity index (χ0v) is 29.3. The van der Waals surface area contributed by atoms with Gasteiger partial charge in [-0.2, -0.15) is 5.26 Å². The summed E-state index contributed by atoms with van der Waals surface area (Å²) >= 11 is 12.7. The smallest absolute Gasteiger partial charge is 0.255 e. The number of hydrogen-bond donors (Lipinski definition) is 1. The molecule has 8 nitrogen and oxygen atoms in total. The third kappa shape index (κ3) is 8.37. The van der Waals surface area contributed by atoms with Crippen LogP contribution < -0.4 is 10.5 Å². The van der Waals surface area contributed by atoms with Crippen molar-refractivity contribution in [1.29, 1.82) is 5.26 Å². The number of carbonyl (C=O) groups is 2. The van der Waals surface area contributed by atoms with Crippen LogP contribution in [0, 0.1) is 11.3 Å².